The molecule has 8 atom stereocenters. The fraction of sp³-hybridized carbons (Fsp3) is 0.717. The molecule has 1 saturated heterocycles. The van der Waals surface area contributed by atoms with E-state index < -0.39 is 30.2 Å². The Bertz CT molecular complexity index is 1620. The van der Waals surface area contributed by atoms with E-state index in [0.717, 1.165) is 18.4 Å². The average Bonchev–Trinajstić information content (AvgIpc) is 4.01. The van der Waals surface area contributed by atoms with Crippen molar-refractivity contribution in [3.05, 3.63) is 54.1 Å². The molecule has 0 spiro atoms. The van der Waals surface area contributed by atoms with Crippen molar-refractivity contribution in [1.29, 1.82) is 0 Å². The van der Waals surface area contributed by atoms with Crippen molar-refractivity contribution in [2.75, 3.05) is 94.2 Å². The number of likely N-dealkylation sites (tertiary alicyclic amines) is 1. The Labute approximate surface area is 380 Å². The third-order valence-electron chi connectivity index (χ3n) is 12.2. The Hall–Kier alpha value is -4.01. The summed E-state index contributed by atoms with van der Waals surface area (Å²) in [6, 6.07) is 8.23. The number of nitrogens with zero attached hydrogens (tertiary/aromatic N) is 4. The molecule has 0 saturated carbocycles. The lowest BCUT2D eigenvalue weighted by atomic mass is 9.90. The topological polar surface area (TPSA) is 212 Å². The Balaban J connectivity index is 1.59. The van der Waals surface area contributed by atoms with Crippen LogP contribution in [0.25, 0.3) is 0 Å². The predicted octanol–water partition coefficient (Wildman–Crippen LogP) is 2.74. The number of methoxy groups -OCH3 is 2. The highest BCUT2D eigenvalue weighted by Crippen LogP contribution is 2.30. The fourth-order valence-corrected chi connectivity index (χ4v) is 8.56. The van der Waals surface area contributed by atoms with E-state index in [0.29, 0.717) is 78.0 Å². The summed E-state index contributed by atoms with van der Waals surface area (Å²) in [6.07, 6.45) is 4.93. The highest BCUT2D eigenvalue weighted by Gasteiger charge is 2.42. The van der Waals surface area contributed by atoms with E-state index in [1.54, 1.807) is 38.6 Å². The van der Waals surface area contributed by atoms with Crippen molar-refractivity contribution >= 4 is 23.6 Å². The minimum atomic E-state index is -0.633. The Kier molecular flexibility index (Phi) is 25.0. The second kappa shape index (κ2) is 29.5. The zero-order valence-corrected chi connectivity index (χ0v) is 39.8. The average molecular weight is 903 g/mol. The maximum absolute atomic E-state index is 14.3. The zero-order valence-electron chi connectivity index (χ0n) is 39.8. The van der Waals surface area contributed by atoms with Crippen LogP contribution in [0.5, 0.6) is 0 Å². The molecule has 3 rings (SSSR count). The van der Waals surface area contributed by atoms with E-state index in [4.69, 9.17) is 29.6 Å². The molecule has 18 nitrogen and oxygen atoms in total. The van der Waals surface area contributed by atoms with Crippen LogP contribution in [0.2, 0.25) is 0 Å². The van der Waals surface area contributed by atoms with Gasteiger partial charge in [-0.25, -0.2) is 10.9 Å². The SMILES string of the molecule is CCC(C)C(C(CC(=O)N1CCCC1C(OC)C(C)C(=O)NC(Cc1ccccc1)c1ncc[nH]1)OC)N(C)C(=O)CNC(=O)C(C(C)C)N(C)CCOCCOCCOCCON. The maximum atomic E-state index is 14.3. The molecule has 5 N–H and O–H groups in total. The maximum Gasteiger partial charge on any atom is 0.242 e. The number of carbonyl (C=O) groups is 4. The summed E-state index contributed by atoms with van der Waals surface area (Å²) in [5, 5.41) is 6.06. The molecule has 2 aromatic rings. The summed E-state index contributed by atoms with van der Waals surface area (Å²) in [6.45, 7) is 13.4. The molecule has 1 aromatic carbocycles. The molecule has 1 fully saturated rings. The van der Waals surface area contributed by atoms with Crippen LogP contribution >= 0.6 is 0 Å². The zero-order chi connectivity index (χ0) is 47.0. The fourth-order valence-electron chi connectivity index (χ4n) is 8.56. The van der Waals surface area contributed by atoms with Crippen molar-refractivity contribution < 1.29 is 47.7 Å². The molecule has 1 aliphatic heterocycles. The molecule has 1 aliphatic rings. The summed E-state index contributed by atoms with van der Waals surface area (Å²) in [5.74, 6) is 4.07. The number of imidazole rings is 1. The number of aromatic amines is 1. The van der Waals surface area contributed by atoms with E-state index in [-0.39, 0.29) is 60.5 Å². The van der Waals surface area contributed by atoms with Gasteiger partial charge in [0.05, 0.1) is 102 Å². The van der Waals surface area contributed by atoms with Gasteiger partial charge in [0.25, 0.3) is 0 Å². The van der Waals surface area contributed by atoms with E-state index in [1.165, 1.54) is 0 Å². The highest BCUT2D eigenvalue weighted by molar-refractivity contribution is 5.88. The van der Waals surface area contributed by atoms with Crippen molar-refractivity contribution in [1.82, 2.24) is 35.3 Å². The number of likely N-dealkylation sites (N-methyl/N-ethyl adjacent to an activating group) is 2. The van der Waals surface area contributed by atoms with Crippen LogP contribution in [0.1, 0.15) is 77.7 Å². The number of carbonyl (C=O) groups excluding carboxylic acids is 4. The third kappa shape index (κ3) is 17.1. The first-order valence-corrected chi connectivity index (χ1v) is 22.8. The monoisotopic (exact) mass is 903 g/mol. The summed E-state index contributed by atoms with van der Waals surface area (Å²) < 4.78 is 28.6. The molecular weight excluding hydrogens is 825 g/mol. The van der Waals surface area contributed by atoms with Gasteiger partial charge in [0.2, 0.25) is 23.6 Å². The molecule has 18 heteroatoms. The van der Waals surface area contributed by atoms with Gasteiger partial charge < -0.3 is 53.9 Å². The highest BCUT2D eigenvalue weighted by atomic mass is 16.6. The summed E-state index contributed by atoms with van der Waals surface area (Å²) in [5.41, 5.74) is 1.06. The number of nitrogens with two attached hydrogens (primary N) is 1. The Morgan fingerprint density at radius 1 is 0.922 bits per heavy atom. The van der Waals surface area contributed by atoms with Gasteiger partial charge in [-0.2, -0.15) is 0 Å². The first-order chi connectivity index (χ1) is 30.8. The molecule has 2 heterocycles. The number of ether oxygens (including phenoxy) is 5. The number of amides is 4. The van der Waals surface area contributed by atoms with E-state index in [9.17, 15) is 19.2 Å². The quantitative estimate of drug-likeness (QED) is 0.0616. The summed E-state index contributed by atoms with van der Waals surface area (Å²) in [4.78, 5) is 72.9. The first kappa shape index (κ1) is 54.3. The van der Waals surface area contributed by atoms with Crippen molar-refractivity contribution in [3.8, 4) is 0 Å². The Morgan fingerprint density at radius 3 is 2.16 bits per heavy atom. The second-order valence-electron chi connectivity index (χ2n) is 17.0. The van der Waals surface area contributed by atoms with Crippen LogP contribution in [-0.2, 0) is 54.1 Å². The van der Waals surface area contributed by atoms with Crippen LogP contribution in [0.4, 0.5) is 0 Å². The van der Waals surface area contributed by atoms with Crippen molar-refractivity contribution in [2.24, 2.45) is 23.7 Å². The number of H-pyrrole nitrogens is 1. The van der Waals surface area contributed by atoms with Crippen LogP contribution in [0, 0.1) is 17.8 Å². The van der Waals surface area contributed by atoms with E-state index in [1.807, 2.05) is 81.8 Å². The van der Waals surface area contributed by atoms with Crippen LogP contribution in [0.3, 0.4) is 0 Å². The number of hydrogen-bond donors (Lipinski definition) is 4. The van der Waals surface area contributed by atoms with E-state index >= 15 is 0 Å². The third-order valence-corrected chi connectivity index (χ3v) is 12.2. The van der Waals surface area contributed by atoms with Gasteiger partial charge in [0.15, 0.2) is 0 Å². The van der Waals surface area contributed by atoms with Gasteiger partial charge in [-0.05, 0) is 43.7 Å². The van der Waals surface area contributed by atoms with Gasteiger partial charge in [-0.15, -0.1) is 0 Å². The molecule has 4 amide bonds. The predicted molar refractivity (Wildman–Crippen MR) is 243 cm³/mol. The number of hydrogen-bond acceptors (Lipinski definition) is 13. The lowest BCUT2D eigenvalue weighted by molar-refractivity contribution is -0.146. The normalized spacial score (nSPS) is 17.4. The second-order valence-corrected chi connectivity index (χ2v) is 17.0. The van der Waals surface area contributed by atoms with Gasteiger partial charge in [0.1, 0.15) is 5.82 Å². The molecule has 64 heavy (non-hydrogen) atoms. The van der Waals surface area contributed by atoms with Gasteiger partial charge >= 0.3 is 0 Å². The lowest BCUT2D eigenvalue weighted by Gasteiger charge is -2.39. The summed E-state index contributed by atoms with van der Waals surface area (Å²) in [7, 11) is 6.70. The van der Waals surface area contributed by atoms with Crippen LogP contribution in [0.15, 0.2) is 42.7 Å². The lowest BCUT2D eigenvalue weighted by Crippen LogP contribution is -2.55. The smallest absolute Gasteiger partial charge is 0.242 e. The first-order valence-electron chi connectivity index (χ1n) is 22.8. The molecule has 362 valence electrons. The minimum absolute atomic E-state index is 0.0224. The van der Waals surface area contributed by atoms with Gasteiger partial charge in [-0.3, -0.25) is 24.1 Å². The standard InChI is InChI=1S/C46H78N8O10/c1-10-33(4)42(53(7)40(56)31-50-46(58)41(32(2)3)52(6)21-22-61-23-24-62-25-26-63-27-28-64-47)38(59-8)30-39(55)54-20-14-17-37(54)43(60-9)34(5)45(57)51-36(44-48-18-19-49-44)29-35-15-12-11-13-16-35/h11-13,15-16,18-19,32-34,36-38,41-43H,10,14,17,20-31,47H2,1-9H3,(H,48,49)(H,50,58)(H,51,57). The van der Waals surface area contributed by atoms with E-state index in [2.05, 4.69) is 25.4 Å². The molecule has 0 bridgehead atoms. The van der Waals surface area contributed by atoms with Crippen molar-refractivity contribution in [3.63, 3.8) is 0 Å². The van der Waals surface area contributed by atoms with Gasteiger partial charge in [-0.1, -0.05) is 71.4 Å². The molecule has 1 aromatic heterocycles. The molecule has 0 aliphatic carbocycles. The van der Waals surface area contributed by atoms with Crippen molar-refractivity contribution in [2.45, 2.75) is 103 Å². The molecule has 8 unspecified atom stereocenters. The van der Waals surface area contributed by atoms with Crippen LogP contribution < -0.4 is 16.5 Å². The molecule has 0 radical (unpaired) electrons. The number of benzene rings is 1. The number of nitrogens with one attached hydrogen (secondary N) is 3. The largest absolute Gasteiger partial charge is 0.379 e. The number of rotatable bonds is 32. The van der Waals surface area contributed by atoms with Crippen LogP contribution in [-0.4, -0.2) is 173 Å². The summed E-state index contributed by atoms with van der Waals surface area (Å²) >= 11 is 0. The van der Waals surface area contributed by atoms with Gasteiger partial charge in [0, 0.05) is 46.8 Å². The Morgan fingerprint density at radius 2 is 1.58 bits per heavy atom. The number of aromatic nitrogens is 2. The minimum Gasteiger partial charge on any atom is -0.379 e. The molecular formula is C46H78N8O10.